The molecular formula is C18H18F3N7O3. The fourth-order valence-electron chi connectivity index (χ4n) is 3.15. The third-order valence-corrected chi connectivity index (χ3v) is 4.82. The van der Waals surface area contributed by atoms with Crippen LogP contribution in [0.25, 0.3) is 0 Å². The van der Waals surface area contributed by atoms with Crippen LogP contribution in [-0.2, 0) is 11.0 Å². The summed E-state index contributed by atoms with van der Waals surface area (Å²) in [5.41, 5.74) is 4.48. The zero-order valence-corrected chi connectivity index (χ0v) is 16.0. The van der Waals surface area contributed by atoms with Crippen LogP contribution in [0.5, 0.6) is 5.88 Å². The van der Waals surface area contributed by atoms with E-state index in [1.165, 1.54) is 6.07 Å². The fourth-order valence-corrected chi connectivity index (χ4v) is 3.15. The molecule has 2 fully saturated rings. The topological polar surface area (TPSA) is 135 Å². The van der Waals surface area contributed by atoms with E-state index in [0.29, 0.717) is 32.3 Å². The quantitative estimate of drug-likeness (QED) is 0.597. The molecule has 2 amide bonds. The average Bonchev–Trinajstić information content (AvgIpc) is 3.08. The molecule has 0 spiro atoms. The first-order valence-corrected chi connectivity index (χ1v) is 9.37. The van der Waals surface area contributed by atoms with Gasteiger partial charge in [0.2, 0.25) is 17.7 Å². The zero-order chi connectivity index (χ0) is 22.2. The minimum atomic E-state index is -4.47. The average molecular weight is 437 g/mol. The second kappa shape index (κ2) is 7.89. The van der Waals surface area contributed by atoms with E-state index < -0.39 is 23.7 Å². The summed E-state index contributed by atoms with van der Waals surface area (Å²) in [6.07, 6.45) is -3.53. The van der Waals surface area contributed by atoms with Gasteiger partial charge in [0.1, 0.15) is 23.7 Å². The Balaban J connectivity index is 1.41. The molecular weight excluding hydrogens is 419 g/mol. The molecule has 4 rings (SSSR count). The van der Waals surface area contributed by atoms with Crippen molar-refractivity contribution in [1.29, 1.82) is 0 Å². The summed E-state index contributed by atoms with van der Waals surface area (Å²) in [6.45, 7) is 1.20. The number of nitrogens with two attached hydrogens (primary N) is 1. The Morgan fingerprint density at radius 2 is 2.06 bits per heavy atom. The molecule has 2 saturated heterocycles. The number of halogens is 3. The number of aromatic nitrogens is 3. The number of alkyl halides is 3. The molecule has 1 unspecified atom stereocenters. The Morgan fingerprint density at radius 1 is 1.29 bits per heavy atom. The van der Waals surface area contributed by atoms with Crippen molar-refractivity contribution in [2.24, 2.45) is 5.73 Å². The summed E-state index contributed by atoms with van der Waals surface area (Å²) in [6, 6.07) is 2.96. The van der Waals surface area contributed by atoms with Crippen LogP contribution in [0, 0.1) is 0 Å². The van der Waals surface area contributed by atoms with Crippen LogP contribution in [0.1, 0.15) is 22.5 Å². The lowest BCUT2D eigenvalue weighted by molar-refractivity contribution is -0.137. The van der Waals surface area contributed by atoms with E-state index in [4.69, 9.17) is 10.5 Å². The Bertz CT molecular complexity index is 994. The van der Waals surface area contributed by atoms with Gasteiger partial charge in [-0.05, 0) is 12.5 Å². The summed E-state index contributed by atoms with van der Waals surface area (Å²) in [7, 11) is 0. The number of carbonyl (C=O) groups excluding carboxylic acids is 2. The minimum Gasteiger partial charge on any atom is -0.471 e. The van der Waals surface area contributed by atoms with Crippen molar-refractivity contribution in [2.75, 3.05) is 29.9 Å². The van der Waals surface area contributed by atoms with Crippen LogP contribution >= 0.6 is 0 Å². The highest BCUT2D eigenvalue weighted by atomic mass is 19.4. The van der Waals surface area contributed by atoms with Gasteiger partial charge < -0.3 is 26.0 Å². The Hall–Kier alpha value is -3.64. The van der Waals surface area contributed by atoms with Gasteiger partial charge in [-0.1, -0.05) is 0 Å². The van der Waals surface area contributed by atoms with Gasteiger partial charge in [-0.25, -0.2) is 9.97 Å². The molecule has 164 valence electrons. The van der Waals surface area contributed by atoms with Gasteiger partial charge in [0.25, 0.3) is 5.91 Å². The SMILES string of the molecule is NC(=O)c1cc(NC2CCNC2=O)nc(N2CC(Oc3ccc(C(F)(F)F)cn3)C2)n1. The van der Waals surface area contributed by atoms with E-state index in [-0.39, 0.29) is 35.4 Å². The minimum absolute atomic E-state index is 0.0142. The van der Waals surface area contributed by atoms with Gasteiger partial charge in [-0.2, -0.15) is 18.2 Å². The molecule has 0 saturated carbocycles. The lowest BCUT2D eigenvalue weighted by Gasteiger charge is -2.38. The van der Waals surface area contributed by atoms with Crippen LogP contribution in [0.4, 0.5) is 24.9 Å². The largest absolute Gasteiger partial charge is 0.471 e. The second-order valence-corrected chi connectivity index (χ2v) is 7.11. The van der Waals surface area contributed by atoms with Crippen LogP contribution < -0.4 is 26.0 Å². The van der Waals surface area contributed by atoms with E-state index in [9.17, 15) is 22.8 Å². The predicted octanol–water partition coefficient (Wildman–Crippen LogP) is 0.557. The van der Waals surface area contributed by atoms with Crippen molar-refractivity contribution in [3.05, 3.63) is 35.7 Å². The van der Waals surface area contributed by atoms with Gasteiger partial charge in [0, 0.05) is 24.9 Å². The summed E-state index contributed by atoms with van der Waals surface area (Å²) >= 11 is 0. The van der Waals surface area contributed by atoms with Gasteiger partial charge in [0.05, 0.1) is 18.7 Å². The molecule has 31 heavy (non-hydrogen) atoms. The number of primary amides is 1. The number of rotatable bonds is 6. The van der Waals surface area contributed by atoms with Gasteiger partial charge >= 0.3 is 6.18 Å². The van der Waals surface area contributed by atoms with Gasteiger partial charge in [0.15, 0.2) is 0 Å². The third-order valence-electron chi connectivity index (χ3n) is 4.82. The third kappa shape index (κ3) is 4.59. The first kappa shape index (κ1) is 20.6. The number of hydrogen-bond donors (Lipinski definition) is 3. The van der Waals surface area contributed by atoms with Crippen molar-refractivity contribution >= 4 is 23.6 Å². The smallest absolute Gasteiger partial charge is 0.417 e. The van der Waals surface area contributed by atoms with Crippen molar-refractivity contribution in [3.63, 3.8) is 0 Å². The van der Waals surface area contributed by atoms with E-state index in [1.54, 1.807) is 4.90 Å². The van der Waals surface area contributed by atoms with Crippen LogP contribution in [-0.4, -0.2) is 58.5 Å². The normalized spacial score (nSPS) is 19.0. The molecule has 0 bridgehead atoms. The van der Waals surface area contributed by atoms with Crippen molar-refractivity contribution in [1.82, 2.24) is 20.3 Å². The van der Waals surface area contributed by atoms with Crippen LogP contribution in [0.3, 0.4) is 0 Å². The van der Waals surface area contributed by atoms with Crippen molar-refractivity contribution < 1.29 is 27.5 Å². The van der Waals surface area contributed by atoms with E-state index in [1.807, 2.05) is 0 Å². The summed E-state index contributed by atoms with van der Waals surface area (Å²) in [5, 5.41) is 5.66. The molecule has 10 nitrogen and oxygen atoms in total. The predicted molar refractivity (Wildman–Crippen MR) is 101 cm³/mol. The molecule has 4 N–H and O–H groups in total. The lowest BCUT2D eigenvalue weighted by atomic mass is 10.2. The molecule has 0 radical (unpaired) electrons. The highest BCUT2D eigenvalue weighted by Gasteiger charge is 2.33. The highest BCUT2D eigenvalue weighted by molar-refractivity contribution is 5.92. The summed E-state index contributed by atoms with van der Waals surface area (Å²) < 4.78 is 43.4. The van der Waals surface area contributed by atoms with Gasteiger partial charge in [-0.3, -0.25) is 9.59 Å². The zero-order valence-electron chi connectivity index (χ0n) is 16.0. The molecule has 2 aromatic rings. The molecule has 2 aromatic heterocycles. The molecule has 13 heteroatoms. The molecule has 0 aromatic carbocycles. The molecule has 2 aliphatic heterocycles. The molecule has 0 aliphatic carbocycles. The van der Waals surface area contributed by atoms with E-state index in [0.717, 1.165) is 12.1 Å². The second-order valence-electron chi connectivity index (χ2n) is 7.11. The van der Waals surface area contributed by atoms with Gasteiger partial charge in [-0.15, -0.1) is 0 Å². The molecule has 1 atom stereocenters. The maximum absolute atomic E-state index is 12.6. The number of carbonyl (C=O) groups is 2. The number of ether oxygens (including phenoxy) is 1. The number of anilines is 2. The first-order chi connectivity index (χ1) is 14.7. The summed E-state index contributed by atoms with van der Waals surface area (Å²) in [4.78, 5) is 37.3. The van der Waals surface area contributed by atoms with Crippen LogP contribution in [0.15, 0.2) is 24.4 Å². The number of pyridine rings is 1. The van der Waals surface area contributed by atoms with Crippen molar-refractivity contribution in [2.45, 2.75) is 24.7 Å². The maximum atomic E-state index is 12.6. The number of nitrogens with zero attached hydrogens (tertiary/aromatic N) is 4. The Kier molecular flexibility index (Phi) is 5.25. The molecule has 2 aliphatic rings. The maximum Gasteiger partial charge on any atom is 0.417 e. The lowest BCUT2D eigenvalue weighted by Crippen LogP contribution is -2.54. The van der Waals surface area contributed by atoms with E-state index >= 15 is 0 Å². The highest BCUT2D eigenvalue weighted by Crippen LogP contribution is 2.30. The number of nitrogens with one attached hydrogen (secondary N) is 2. The van der Waals surface area contributed by atoms with Crippen molar-refractivity contribution in [3.8, 4) is 5.88 Å². The Labute approximate surface area is 174 Å². The monoisotopic (exact) mass is 437 g/mol. The first-order valence-electron chi connectivity index (χ1n) is 9.37. The van der Waals surface area contributed by atoms with E-state index in [2.05, 4.69) is 25.6 Å². The van der Waals surface area contributed by atoms with Crippen LogP contribution in [0.2, 0.25) is 0 Å². The number of amides is 2. The number of hydrogen-bond acceptors (Lipinski definition) is 8. The standard InChI is InChI=1S/C18H18F3N7O3/c19-18(20,21)9-1-2-14(24-6-9)31-10-7-28(8-10)17-26-12(15(22)29)5-13(27-17)25-11-3-4-23-16(11)30/h1-2,5-6,10-11H,3-4,7-8H2,(H2,22,29)(H,23,30)(H,25,26,27). The Morgan fingerprint density at radius 3 is 2.65 bits per heavy atom. The fraction of sp³-hybridized carbons (Fsp3) is 0.389. The molecule has 4 heterocycles. The summed E-state index contributed by atoms with van der Waals surface area (Å²) in [5.74, 6) is -0.335.